The van der Waals surface area contributed by atoms with Gasteiger partial charge in [0.15, 0.2) is 5.82 Å². The molecule has 2 heterocycles. The zero-order valence-electron chi connectivity index (χ0n) is 10.9. The summed E-state index contributed by atoms with van der Waals surface area (Å²) in [7, 11) is 0. The number of halogens is 1. The van der Waals surface area contributed by atoms with Crippen molar-refractivity contribution in [3.63, 3.8) is 0 Å². The summed E-state index contributed by atoms with van der Waals surface area (Å²) in [5.41, 5.74) is 2.96. The van der Waals surface area contributed by atoms with Crippen molar-refractivity contribution < 1.29 is 0 Å². The highest BCUT2D eigenvalue weighted by Crippen LogP contribution is 2.34. The van der Waals surface area contributed by atoms with Crippen LogP contribution < -0.4 is 0 Å². The van der Waals surface area contributed by atoms with Crippen LogP contribution in [0.15, 0.2) is 24.4 Å². The summed E-state index contributed by atoms with van der Waals surface area (Å²) in [6, 6.07) is 5.84. The Hall–Kier alpha value is -1.48. The van der Waals surface area contributed by atoms with Crippen LogP contribution in [0.2, 0.25) is 5.15 Å². The van der Waals surface area contributed by atoms with E-state index in [1.807, 2.05) is 25.1 Å². The molecule has 19 heavy (non-hydrogen) atoms. The quantitative estimate of drug-likeness (QED) is 0.771. The summed E-state index contributed by atoms with van der Waals surface area (Å²) in [6.07, 6.45) is 6.73. The van der Waals surface area contributed by atoms with Crippen LogP contribution in [-0.2, 0) is 0 Å². The second-order valence-corrected chi connectivity index (χ2v) is 5.48. The average molecular weight is 274 g/mol. The highest BCUT2D eigenvalue weighted by molar-refractivity contribution is 6.29. The van der Waals surface area contributed by atoms with E-state index >= 15 is 0 Å². The molecule has 98 valence electrons. The van der Waals surface area contributed by atoms with Gasteiger partial charge in [-0.15, -0.1) is 0 Å². The van der Waals surface area contributed by atoms with E-state index in [1.165, 1.54) is 25.7 Å². The SMILES string of the molecule is Cc1cccnc1-c1nc(Cl)cc(C2CCCC2)n1. The Morgan fingerprint density at radius 2 is 2.00 bits per heavy atom. The molecule has 0 N–H and O–H groups in total. The molecular weight excluding hydrogens is 258 g/mol. The number of hydrogen-bond donors (Lipinski definition) is 0. The summed E-state index contributed by atoms with van der Waals surface area (Å²) in [4.78, 5) is 13.4. The van der Waals surface area contributed by atoms with Crippen molar-refractivity contribution in [1.29, 1.82) is 0 Å². The lowest BCUT2D eigenvalue weighted by Crippen LogP contribution is -2.02. The summed E-state index contributed by atoms with van der Waals surface area (Å²) >= 11 is 6.15. The molecule has 0 unspecified atom stereocenters. The van der Waals surface area contributed by atoms with Crippen molar-refractivity contribution in [2.75, 3.05) is 0 Å². The standard InChI is InChI=1S/C15H16ClN3/c1-10-5-4-8-17-14(10)15-18-12(9-13(16)19-15)11-6-2-3-7-11/h4-5,8-9,11H,2-3,6-7H2,1H3. The minimum absolute atomic E-state index is 0.511. The van der Waals surface area contributed by atoms with Crippen molar-refractivity contribution in [3.8, 4) is 11.5 Å². The van der Waals surface area contributed by atoms with Gasteiger partial charge in [0.25, 0.3) is 0 Å². The van der Waals surface area contributed by atoms with E-state index in [-0.39, 0.29) is 0 Å². The number of pyridine rings is 1. The van der Waals surface area contributed by atoms with Crippen molar-refractivity contribution >= 4 is 11.6 Å². The van der Waals surface area contributed by atoms with Crippen LogP contribution >= 0.6 is 11.6 Å². The van der Waals surface area contributed by atoms with Crippen LogP contribution in [0.4, 0.5) is 0 Å². The molecule has 1 aliphatic rings. The van der Waals surface area contributed by atoms with Gasteiger partial charge in [-0.3, -0.25) is 4.98 Å². The highest BCUT2D eigenvalue weighted by Gasteiger charge is 2.20. The van der Waals surface area contributed by atoms with Crippen LogP contribution in [0.5, 0.6) is 0 Å². The van der Waals surface area contributed by atoms with Gasteiger partial charge in [-0.1, -0.05) is 30.5 Å². The first-order valence-corrected chi connectivity index (χ1v) is 7.08. The Balaban J connectivity index is 2.04. The first-order valence-electron chi connectivity index (χ1n) is 6.70. The van der Waals surface area contributed by atoms with E-state index < -0.39 is 0 Å². The van der Waals surface area contributed by atoms with E-state index in [9.17, 15) is 0 Å². The molecule has 0 atom stereocenters. The molecule has 0 amide bonds. The van der Waals surface area contributed by atoms with Gasteiger partial charge in [0.2, 0.25) is 0 Å². The number of hydrogen-bond acceptors (Lipinski definition) is 3. The van der Waals surface area contributed by atoms with E-state index in [0.717, 1.165) is 17.0 Å². The average Bonchev–Trinajstić information content (AvgIpc) is 2.92. The van der Waals surface area contributed by atoms with Crippen LogP contribution in [0.1, 0.15) is 42.9 Å². The maximum atomic E-state index is 6.15. The second-order valence-electron chi connectivity index (χ2n) is 5.09. The van der Waals surface area contributed by atoms with Crippen molar-refractivity contribution in [2.45, 2.75) is 38.5 Å². The molecule has 0 aromatic carbocycles. The third-order valence-corrected chi connectivity index (χ3v) is 3.90. The molecule has 0 spiro atoms. The molecule has 3 rings (SSSR count). The lowest BCUT2D eigenvalue weighted by Gasteiger charge is -2.11. The summed E-state index contributed by atoms with van der Waals surface area (Å²) < 4.78 is 0. The lowest BCUT2D eigenvalue weighted by molar-refractivity contribution is 0.695. The Labute approximate surface area is 118 Å². The minimum atomic E-state index is 0.511. The molecule has 1 aliphatic carbocycles. The van der Waals surface area contributed by atoms with Gasteiger partial charge >= 0.3 is 0 Å². The molecule has 2 aromatic heterocycles. The number of aryl methyl sites for hydroxylation is 1. The third-order valence-electron chi connectivity index (χ3n) is 3.71. The molecule has 2 aromatic rings. The maximum absolute atomic E-state index is 6.15. The van der Waals surface area contributed by atoms with E-state index in [0.29, 0.717) is 16.9 Å². The fraction of sp³-hybridized carbons (Fsp3) is 0.400. The Morgan fingerprint density at radius 1 is 1.21 bits per heavy atom. The summed E-state index contributed by atoms with van der Waals surface area (Å²) in [5.74, 6) is 1.18. The van der Waals surface area contributed by atoms with Gasteiger partial charge in [-0.25, -0.2) is 9.97 Å². The molecule has 0 radical (unpaired) electrons. The number of rotatable bonds is 2. The van der Waals surface area contributed by atoms with Crippen molar-refractivity contribution in [2.24, 2.45) is 0 Å². The third kappa shape index (κ3) is 2.61. The topological polar surface area (TPSA) is 38.7 Å². The van der Waals surface area contributed by atoms with Gasteiger partial charge in [0, 0.05) is 17.8 Å². The van der Waals surface area contributed by atoms with Crippen LogP contribution in [0.25, 0.3) is 11.5 Å². The van der Waals surface area contributed by atoms with Gasteiger partial charge in [0.1, 0.15) is 10.8 Å². The molecule has 1 saturated carbocycles. The molecule has 0 saturated heterocycles. The summed E-state index contributed by atoms with van der Waals surface area (Å²) in [6.45, 7) is 2.02. The normalized spacial score (nSPS) is 15.9. The van der Waals surface area contributed by atoms with Crippen LogP contribution in [-0.4, -0.2) is 15.0 Å². The van der Waals surface area contributed by atoms with E-state index in [2.05, 4.69) is 15.0 Å². The Kier molecular flexibility index (Phi) is 3.47. The molecule has 1 fully saturated rings. The van der Waals surface area contributed by atoms with Crippen LogP contribution in [0.3, 0.4) is 0 Å². The zero-order valence-corrected chi connectivity index (χ0v) is 11.7. The minimum Gasteiger partial charge on any atom is -0.253 e. The second kappa shape index (κ2) is 5.25. The van der Waals surface area contributed by atoms with Gasteiger partial charge < -0.3 is 0 Å². The Morgan fingerprint density at radius 3 is 2.74 bits per heavy atom. The predicted octanol–water partition coefficient (Wildman–Crippen LogP) is 4.16. The fourth-order valence-corrected chi connectivity index (χ4v) is 2.88. The van der Waals surface area contributed by atoms with E-state index in [1.54, 1.807) is 6.20 Å². The lowest BCUT2D eigenvalue weighted by atomic mass is 10.0. The zero-order chi connectivity index (χ0) is 13.2. The molecule has 0 aliphatic heterocycles. The molecule has 4 heteroatoms. The van der Waals surface area contributed by atoms with E-state index in [4.69, 9.17) is 11.6 Å². The first kappa shape index (κ1) is 12.5. The Bertz CT molecular complexity index is 592. The predicted molar refractivity (Wildman–Crippen MR) is 76.2 cm³/mol. The molecule has 0 bridgehead atoms. The molecule has 3 nitrogen and oxygen atoms in total. The van der Waals surface area contributed by atoms with Gasteiger partial charge in [-0.05, 0) is 37.5 Å². The summed E-state index contributed by atoms with van der Waals surface area (Å²) in [5, 5.41) is 0.511. The maximum Gasteiger partial charge on any atom is 0.180 e. The number of nitrogens with zero attached hydrogens (tertiary/aromatic N) is 3. The van der Waals surface area contributed by atoms with Gasteiger partial charge in [-0.2, -0.15) is 0 Å². The molecular formula is C15H16ClN3. The van der Waals surface area contributed by atoms with Crippen molar-refractivity contribution in [3.05, 3.63) is 40.8 Å². The van der Waals surface area contributed by atoms with Crippen LogP contribution in [0, 0.1) is 6.92 Å². The van der Waals surface area contributed by atoms with Crippen molar-refractivity contribution in [1.82, 2.24) is 15.0 Å². The van der Waals surface area contributed by atoms with Gasteiger partial charge in [0.05, 0.1) is 0 Å². The monoisotopic (exact) mass is 273 g/mol. The smallest absolute Gasteiger partial charge is 0.180 e. The fourth-order valence-electron chi connectivity index (χ4n) is 2.69. The number of aromatic nitrogens is 3. The largest absolute Gasteiger partial charge is 0.253 e. The highest BCUT2D eigenvalue weighted by atomic mass is 35.5. The first-order chi connectivity index (χ1) is 9.24.